The van der Waals surface area contributed by atoms with Gasteiger partial charge in [-0.1, -0.05) is 44.9 Å². The van der Waals surface area contributed by atoms with Crippen LogP contribution in [0.2, 0.25) is 0 Å². The number of fused-ring (bicyclic) bond motifs is 3. The number of rotatable bonds is 4. The van der Waals surface area contributed by atoms with Gasteiger partial charge in [0, 0.05) is 0 Å². The van der Waals surface area contributed by atoms with Crippen molar-refractivity contribution in [3.05, 3.63) is 24.3 Å². The molecule has 0 bridgehead atoms. The van der Waals surface area contributed by atoms with Crippen molar-refractivity contribution < 1.29 is 14.7 Å². The summed E-state index contributed by atoms with van der Waals surface area (Å²) in [5.74, 6) is -0.200. The van der Waals surface area contributed by atoms with E-state index in [1.807, 2.05) is 0 Å². The van der Waals surface area contributed by atoms with Gasteiger partial charge in [-0.3, -0.25) is 9.59 Å². The molecule has 0 saturated heterocycles. The molecule has 3 aliphatic carbocycles. The molecule has 0 aromatic carbocycles. The van der Waals surface area contributed by atoms with E-state index in [1.54, 1.807) is 12.5 Å². The largest absolute Gasteiger partial charge is 0.480 e. The van der Waals surface area contributed by atoms with Crippen molar-refractivity contribution in [2.75, 3.05) is 0 Å². The van der Waals surface area contributed by atoms with Crippen LogP contribution in [0.1, 0.15) is 72.6 Å². The van der Waals surface area contributed by atoms with Crippen LogP contribution < -0.4 is 5.32 Å². The molecule has 27 heavy (non-hydrogen) atoms. The third-order valence-corrected chi connectivity index (χ3v) is 8.06. The highest BCUT2D eigenvalue weighted by molar-refractivity contribution is 5.87. The number of carboxylic acids is 1. The van der Waals surface area contributed by atoms with Crippen LogP contribution in [0.15, 0.2) is 24.3 Å². The first-order valence-corrected chi connectivity index (χ1v) is 10.4. The lowest BCUT2D eigenvalue weighted by Crippen LogP contribution is -2.57. The maximum atomic E-state index is 13.1. The van der Waals surface area contributed by atoms with E-state index in [0.717, 1.165) is 44.9 Å². The highest BCUT2D eigenvalue weighted by Gasteiger charge is 2.57. The summed E-state index contributed by atoms with van der Waals surface area (Å²) < 4.78 is 0. The Kier molecular flexibility index (Phi) is 5.07. The van der Waals surface area contributed by atoms with Crippen molar-refractivity contribution in [2.24, 2.45) is 28.1 Å². The Morgan fingerprint density at radius 3 is 2.63 bits per heavy atom. The summed E-state index contributed by atoms with van der Waals surface area (Å²) in [4.78, 5) is 24.3. The van der Waals surface area contributed by atoms with Gasteiger partial charge in [-0.05, 0) is 68.1 Å². The van der Waals surface area contributed by atoms with Crippen molar-refractivity contribution in [3.8, 4) is 0 Å². The summed E-state index contributed by atoms with van der Waals surface area (Å²) >= 11 is 0. The lowest BCUT2D eigenvalue weighted by molar-refractivity contribution is -0.148. The van der Waals surface area contributed by atoms with Gasteiger partial charge in [0.15, 0.2) is 0 Å². The van der Waals surface area contributed by atoms with E-state index in [2.05, 4.69) is 44.8 Å². The van der Waals surface area contributed by atoms with Crippen LogP contribution in [0.3, 0.4) is 0 Å². The van der Waals surface area contributed by atoms with Crippen LogP contribution >= 0.6 is 0 Å². The molecule has 1 amide bonds. The third-order valence-electron chi connectivity index (χ3n) is 8.06. The van der Waals surface area contributed by atoms with Gasteiger partial charge in [-0.15, -0.1) is 6.58 Å². The van der Waals surface area contributed by atoms with Crippen molar-refractivity contribution in [2.45, 2.75) is 78.7 Å². The number of amides is 1. The molecular formula is C23H35NO3. The Morgan fingerprint density at radius 1 is 1.30 bits per heavy atom. The van der Waals surface area contributed by atoms with Crippen molar-refractivity contribution in [1.82, 2.24) is 5.32 Å². The summed E-state index contributed by atoms with van der Waals surface area (Å²) in [7, 11) is 0. The monoisotopic (exact) mass is 373 g/mol. The molecule has 2 fully saturated rings. The number of hydrogen-bond acceptors (Lipinski definition) is 2. The Balaban J connectivity index is 1.90. The smallest absolute Gasteiger partial charge is 0.325 e. The predicted octanol–water partition coefficient (Wildman–Crippen LogP) is 4.71. The molecule has 0 aromatic rings. The Labute approximate surface area is 163 Å². The molecule has 4 nitrogen and oxygen atoms in total. The van der Waals surface area contributed by atoms with Gasteiger partial charge < -0.3 is 10.4 Å². The van der Waals surface area contributed by atoms with Crippen LogP contribution in [0.4, 0.5) is 0 Å². The highest BCUT2D eigenvalue weighted by Crippen LogP contribution is 2.63. The van der Waals surface area contributed by atoms with Crippen LogP contribution in [0.25, 0.3) is 0 Å². The standard InChI is InChI=1S/C23H35NO3/c1-6-21(3)13-10-17-16(14-21)8-9-18-22(17,4)11-7-12-23(18,5)20(27)24-15(2)19(25)26/h6,10,15-16,18H,1,7-9,11-14H2,2-5H3,(H,24,27)(H,25,26)/t15-,16-,18-,21-,22-,23+/m0/s1. The van der Waals surface area contributed by atoms with Crippen LogP contribution in [-0.2, 0) is 9.59 Å². The molecule has 3 aliphatic rings. The second kappa shape index (κ2) is 6.79. The lowest BCUT2D eigenvalue weighted by Gasteiger charge is -2.58. The molecule has 0 spiro atoms. The van der Waals surface area contributed by atoms with Gasteiger partial charge in [0.1, 0.15) is 6.04 Å². The van der Waals surface area contributed by atoms with Crippen molar-refractivity contribution in [3.63, 3.8) is 0 Å². The Hall–Kier alpha value is -1.58. The van der Waals surface area contributed by atoms with Gasteiger partial charge in [0.05, 0.1) is 5.41 Å². The molecule has 6 atom stereocenters. The van der Waals surface area contributed by atoms with Gasteiger partial charge in [-0.2, -0.15) is 0 Å². The molecule has 0 radical (unpaired) electrons. The number of carbonyl (C=O) groups excluding carboxylic acids is 1. The average Bonchev–Trinajstić information content (AvgIpc) is 2.61. The number of nitrogens with one attached hydrogen (secondary N) is 1. The third kappa shape index (κ3) is 3.25. The van der Waals surface area contributed by atoms with Gasteiger partial charge in [-0.25, -0.2) is 0 Å². The molecule has 2 saturated carbocycles. The second-order valence-electron chi connectivity index (χ2n) is 9.97. The van der Waals surface area contributed by atoms with Crippen LogP contribution in [0.5, 0.6) is 0 Å². The van der Waals surface area contributed by atoms with E-state index in [-0.39, 0.29) is 22.7 Å². The van der Waals surface area contributed by atoms with Crippen molar-refractivity contribution >= 4 is 11.9 Å². The van der Waals surface area contributed by atoms with E-state index in [4.69, 9.17) is 0 Å². The number of carboxylic acid groups (broad SMARTS) is 1. The fraction of sp³-hybridized carbons (Fsp3) is 0.739. The molecule has 3 rings (SSSR count). The first kappa shape index (κ1) is 20.2. The van der Waals surface area contributed by atoms with Crippen LogP contribution in [0, 0.1) is 28.1 Å². The fourth-order valence-electron chi connectivity index (χ4n) is 6.31. The first-order chi connectivity index (χ1) is 12.6. The van der Waals surface area contributed by atoms with Gasteiger partial charge in [0.2, 0.25) is 5.91 Å². The minimum Gasteiger partial charge on any atom is -0.480 e. The maximum Gasteiger partial charge on any atom is 0.325 e. The van der Waals surface area contributed by atoms with Crippen LogP contribution in [-0.4, -0.2) is 23.0 Å². The molecular weight excluding hydrogens is 338 g/mol. The molecule has 0 aliphatic heterocycles. The van der Waals surface area contributed by atoms with Gasteiger partial charge >= 0.3 is 5.97 Å². The number of carbonyl (C=O) groups is 2. The topological polar surface area (TPSA) is 66.4 Å². The van der Waals surface area contributed by atoms with E-state index in [0.29, 0.717) is 5.92 Å². The lowest BCUT2D eigenvalue weighted by atomic mass is 9.46. The summed E-state index contributed by atoms with van der Waals surface area (Å²) in [5.41, 5.74) is 1.29. The molecule has 0 aromatic heterocycles. The number of hydrogen-bond donors (Lipinski definition) is 2. The first-order valence-electron chi connectivity index (χ1n) is 10.4. The fourth-order valence-corrected chi connectivity index (χ4v) is 6.31. The SMILES string of the molecule is C=C[C@@]1(C)CC=C2[C@@H](CC[C@@H]3[C@](C)(C(=O)N[C@@H](C)C(=O)O)CCC[C@@]23C)C1. The normalized spacial score (nSPS) is 42.1. The van der Waals surface area contributed by atoms with Gasteiger partial charge in [0.25, 0.3) is 0 Å². The average molecular weight is 374 g/mol. The summed E-state index contributed by atoms with van der Waals surface area (Å²) in [6.45, 7) is 12.3. The predicted molar refractivity (Wildman–Crippen MR) is 107 cm³/mol. The zero-order valence-corrected chi connectivity index (χ0v) is 17.3. The zero-order chi connectivity index (χ0) is 20.0. The highest BCUT2D eigenvalue weighted by atomic mass is 16.4. The van der Waals surface area contributed by atoms with E-state index < -0.39 is 17.4 Å². The molecule has 0 heterocycles. The summed E-state index contributed by atoms with van der Waals surface area (Å²) in [5, 5.41) is 12.0. The molecule has 150 valence electrons. The van der Waals surface area contributed by atoms with Crippen molar-refractivity contribution in [1.29, 1.82) is 0 Å². The minimum absolute atomic E-state index is 0.0439. The Bertz CT molecular complexity index is 683. The Morgan fingerprint density at radius 2 is 2.00 bits per heavy atom. The van der Waals surface area contributed by atoms with E-state index in [9.17, 15) is 14.7 Å². The molecule has 0 unspecified atom stereocenters. The molecule has 2 N–H and O–H groups in total. The van der Waals surface area contributed by atoms with E-state index in [1.165, 1.54) is 0 Å². The zero-order valence-electron chi connectivity index (χ0n) is 17.3. The minimum atomic E-state index is -0.979. The maximum absolute atomic E-state index is 13.1. The number of allylic oxidation sites excluding steroid dienone is 3. The number of aliphatic carboxylic acids is 1. The quantitative estimate of drug-likeness (QED) is 0.701. The van der Waals surface area contributed by atoms with E-state index >= 15 is 0 Å². The molecule has 4 heteroatoms. The second-order valence-corrected chi connectivity index (χ2v) is 9.97. The summed E-state index contributed by atoms with van der Waals surface area (Å²) in [6.07, 6.45) is 11.9. The summed E-state index contributed by atoms with van der Waals surface area (Å²) in [6, 6.07) is -0.846.